The van der Waals surface area contributed by atoms with Crippen LogP contribution in [-0.4, -0.2) is 22.6 Å². The Morgan fingerprint density at radius 1 is 1.52 bits per heavy atom. The van der Waals surface area contributed by atoms with Gasteiger partial charge in [-0.2, -0.15) is 0 Å². The molecular weight excluding hydrogens is 319 g/mol. The van der Waals surface area contributed by atoms with Gasteiger partial charge in [-0.05, 0) is 12.1 Å². The largest absolute Gasteiger partial charge is 0.506 e. The highest BCUT2D eigenvalue weighted by molar-refractivity contribution is 7.15. The zero-order valence-electron chi connectivity index (χ0n) is 10.7. The molecule has 1 aromatic carbocycles. The maximum Gasteiger partial charge on any atom is 0.261 e. The molecule has 0 atom stereocenters. The van der Waals surface area contributed by atoms with E-state index in [4.69, 9.17) is 16.3 Å². The molecule has 0 fully saturated rings. The van der Waals surface area contributed by atoms with Gasteiger partial charge in [0.2, 0.25) is 0 Å². The highest BCUT2D eigenvalue weighted by Crippen LogP contribution is 2.31. The fourth-order valence-electron chi connectivity index (χ4n) is 1.98. The number of carbonyl (C=O) groups is 1. The number of anilines is 1. The van der Waals surface area contributed by atoms with Crippen LogP contribution in [0.3, 0.4) is 0 Å². The van der Waals surface area contributed by atoms with Crippen molar-refractivity contribution in [3.63, 3.8) is 0 Å². The van der Waals surface area contributed by atoms with Crippen LogP contribution < -0.4 is 5.32 Å². The summed E-state index contributed by atoms with van der Waals surface area (Å²) in [6.07, 6.45) is 0.693. The third kappa shape index (κ3) is 2.85. The lowest BCUT2D eigenvalue weighted by molar-refractivity contribution is 0.102. The molecule has 2 N–H and O–H groups in total. The smallest absolute Gasteiger partial charge is 0.261 e. The number of nitrogens with zero attached hydrogens (tertiary/aromatic N) is 1. The van der Waals surface area contributed by atoms with E-state index in [-0.39, 0.29) is 10.6 Å². The lowest BCUT2D eigenvalue weighted by atomic mass is 10.2. The molecule has 0 radical (unpaired) electrons. The summed E-state index contributed by atoms with van der Waals surface area (Å²) in [7, 11) is 0. The maximum atomic E-state index is 13.3. The minimum Gasteiger partial charge on any atom is -0.506 e. The van der Waals surface area contributed by atoms with E-state index >= 15 is 0 Å². The van der Waals surface area contributed by atoms with Crippen molar-refractivity contribution in [3.8, 4) is 5.75 Å². The number of phenols is 1. The molecule has 8 heteroatoms. The minimum atomic E-state index is -0.699. The van der Waals surface area contributed by atoms with Gasteiger partial charge in [-0.3, -0.25) is 10.1 Å². The third-order valence-corrected chi connectivity index (χ3v) is 4.26. The van der Waals surface area contributed by atoms with Gasteiger partial charge in [0.15, 0.2) is 5.13 Å². The maximum absolute atomic E-state index is 13.3. The first-order chi connectivity index (χ1) is 10.0. The highest BCUT2D eigenvalue weighted by Gasteiger charge is 2.20. The third-order valence-electron chi connectivity index (χ3n) is 2.99. The summed E-state index contributed by atoms with van der Waals surface area (Å²) in [6, 6.07) is 1.86. The summed E-state index contributed by atoms with van der Waals surface area (Å²) in [4.78, 5) is 17.3. The molecule has 1 aliphatic heterocycles. The van der Waals surface area contributed by atoms with Crippen LogP contribution in [0.2, 0.25) is 5.02 Å². The molecule has 2 heterocycles. The molecule has 1 amide bonds. The van der Waals surface area contributed by atoms with Gasteiger partial charge in [-0.25, -0.2) is 9.37 Å². The molecule has 0 bridgehead atoms. The second kappa shape index (κ2) is 5.59. The standard InChI is InChI=1S/C13H10ClFN2O3S/c14-8-4-6(15)3-7(11(8)18)12(19)17-13-16-9-1-2-20-5-10(9)21-13/h3-4,18H,1-2,5H2,(H,16,17,19). The number of aromatic nitrogens is 1. The molecule has 0 aliphatic carbocycles. The van der Waals surface area contributed by atoms with Crippen molar-refractivity contribution >= 4 is 34.0 Å². The topological polar surface area (TPSA) is 71.5 Å². The number of ether oxygens (including phenoxy) is 1. The summed E-state index contributed by atoms with van der Waals surface area (Å²) in [5, 5.41) is 12.4. The van der Waals surface area contributed by atoms with Crippen molar-refractivity contribution in [2.45, 2.75) is 13.0 Å². The highest BCUT2D eigenvalue weighted by atomic mass is 35.5. The van der Waals surface area contributed by atoms with Crippen LogP contribution in [0.5, 0.6) is 5.75 Å². The normalized spacial score (nSPS) is 13.8. The minimum absolute atomic E-state index is 0.216. The second-order valence-electron chi connectivity index (χ2n) is 4.43. The Bertz CT molecular complexity index is 696. The number of phenolic OH excluding ortho intramolecular Hbond substituents is 1. The molecule has 0 saturated heterocycles. The second-order valence-corrected chi connectivity index (χ2v) is 5.92. The van der Waals surface area contributed by atoms with E-state index < -0.39 is 17.5 Å². The number of hydrogen-bond donors (Lipinski definition) is 2. The molecule has 1 aromatic heterocycles. The van der Waals surface area contributed by atoms with Crippen molar-refractivity contribution < 1.29 is 19.0 Å². The summed E-state index contributed by atoms with van der Waals surface area (Å²) in [5.41, 5.74) is 0.660. The van der Waals surface area contributed by atoms with Crippen LogP contribution in [0.15, 0.2) is 12.1 Å². The Kier molecular flexibility index (Phi) is 3.79. The monoisotopic (exact) mass is 328 g/mol. The number of rotatable bonds is 2. The van der Waals surface area contributed by atoms with Crippen LogP contribution >= 0.6 is 22.9 Å². The van der Waals surface area contributed by atoms with Crippen molar-refractivity contribution in [2.24, 2.45) is 0 Å². The Balaban J connectivity index is 1.85. The molecule has 110 valence electrons. The number of halogens is 2. The van der Waals surface area contributed by atoms with Crippen LogP contribution in [0.4, 0.5) is 9.52 Å². The molecule has 3 rings (SSSR count). The predicted octanol–water partition coefficient (Wildman–Crippen LogP) is 2.97. The number of nitrogens with one attached hydrogen (secondary N) is 1. The summed E-state index contributed by atoms with van der Waals surface area (Å²) >= 11 is 6.95. The summed E-state index contributed by atoms with van der Waals surface area (Å²) in [5.74, 6) is -1.82. The number of benzene rings is 1. The average molecular weight is 329 g/mol. The Morgan fingerprint density at radius 2 is 2.33 bits per heavy atom. The predicted molar refractivity (Wildman–Crippen MR) is 76.5 cm³/mol. The average Bonchev–Trinajstić information content (AvgIpc) is 2.84. The molecule has 2 aromatic rings. The van der Waals surface area contributed by atoms with Crippen molar-refractivity contribution in [1.82, 2.24) is 4.98 Å². The zero-order chi connectivity index (χ0) is 15.0. The lowest BCUT2D eigenvalue weighted by Crippen LogP contribution is -2.12. The summed E-state index contributed by atoms with van der Waals surface area (Å²) < 4.78 is 18.6. The Labute approximate surface area is 128 Å². The van der Waals surface area contributed by atoms with Crippen LogP contribution in [0, 0.1) is 5.82 Å². The van der Waals surface area contributed by atoms with Gasteiger partial charge in [0.1, 0.15) is 11.6 Å². The van der Waals surface area contributed by atoms with Gasteiger partial charge in [0, 0.05) is 6.42 Å². The van der Waals surface area contributed by atoms with E-state index in [0.717, 1.165) is 22.7 Å². The molecule has 0 unspecified atom stereocenters. The molecule has 5 nitrogen and oxygen atoms in total. The Morgan fingerprint density at radius 3 is 3.10 bits per heavy atom. The van der Waals surface area contributed by atoms with E-state index in [0.29, 0.717) is 24.8 Å². The SMILES string of the molecule is O=C(Nc1nc2c(s1)COCC2)c1cc(F)cc(Cl)c1O. The molecule has 0 spiro atoms. The number of hydrogen-bond acceptors (Lipinski definition) is 5. The van der Waals surface area contributed by atoms with Crippen LogP contribution in [0.25, 0.3) is 0 Å². The first kappa shape index (κ1) is 14.2. The number of thiazole rings is 1. The van der Waals surface area contributed by atoms with E-state index in [1.807, 2.05) is 0 Å². The lowest BCUT2D eigenvalue weighted by Gasteiger charge is -2.08. The number of fused-ring (bicyclic) bond motifs is 1. The van der Waals surface area contributed by atoms with Gasteiger partial charge in [0.25, 0.3) is 5.91 Å². The van der Waals surface area contributed by atoms with Gasteiger partial charge >= 0.3 is 0 Å². The molecular formula is C13H10ClFN2O3S. The first-order valence-corrected chi connectivity index (χ1v) is 7.29. The van der Waals surface area contributed by atoms with Crippen molar-refractivity contribution in [1.29, 1.82) is 0 Å². The van der Waals surface area contributed by atoms with Gasteiger partial charge in [-0.15, -0.1) is 0 Å². The van der Waals surface area contributed by atoms with Crippen LogP contribution in [0.1, 0.15) is 20.9 Å². The van der Waals surface area contributed by atoms with Crippen LogP contribution in [-0.2, 0) is 17.8 Å². The van der Waals surface area contributed by atoms with Crippen molar-refractivity contribution in [3.05, 3.63) is 39.1 Å². The van der Waals surface area contributed by atoms with Gasteiger partial charge in [-0.1, -0.05) is 22.9 Å². The van der Waals surface area contributed by atoms with Gasteiger partial charge < -0.3 is 9.84 Å². The first-order valence-electron chi connectivity index (χ1n) is 6.10. The quantitative estimate of drug-likeness (QED) is 0.889. The fourth-order valence-corrected chi connectivity index (χ4v) is 3.13. The molecule has 1 aliphatic rings. The molecule has 21 heavy (non-hydrogen) atoms. The number of amides is 1. The summed E-state index contributed by atoms with van der Waals surface area (Å²) in [6.45, 7) is 1.07. The fraction of sp³-hybridized carbons (Fsp3) is 0.231. The molecule has 0 saturated carbocycles. The van der Waals surface area contributed by atoms with Gasteiger partial charge in [0.05, 0.1) is 34.4 Å². The van der Waals surface area contributed by atoms with E-state index in [1.165, 1.54) is 11.3 Å². The van der Waals surface area contributed by atoms with E-state index in [9.17, 15) is 14.3 Å². The van der Waals surface area contributed by atoms with Crippen molar-refractivity contribution in [2.75, 3.05) is 11.9 Å². The number of aromatic hydroxyl groups is 1. The zero-order valence-corrected chi connectivity index (χ0v) is 12.2. The van der Waals surface area contributed by atoms with E-state index in [2.05, 4.69) is 10.3 Å². The van der Waals surface area contributed by atoms with E-state index in [1.54, 1.807) is 0 Å². The number of carbonyl (C=O) groups excluding carboxylic acids is 1. The Hall–Kier alpha value is -1.70.